The van der Waals surface area contributed by atoms with E-state index in [1.807, 2.05) is 6.08 Å². The van der Waals surface area contributed by atoms with Gasteiger partial charge in [-0.2, -0.15) is 0 Å². The first kappa shape index (κ1) is 13.7. The summed E-state index contributed by atoms with van der Waals surface area (Å²) in [4.78, 5) is 24.4. The van der Waals surface area contributed by atoms with Crippen LogP contribution in [0.1, 0.15) is 12.8 Å². The van der Waals surface area contributed by atoms with Crippen LogP contribution in [0.5, 0.6) is 0 Å². The molecule has 0 aromatic carbocycles. The van der Waals surface area contributed by atoms with E-state index in [9.17, 15) is 9.59 Å². The summed E-state index contributed by atoms with van der Waals surface area (Å²) in [5.41, 5.74) is 1.20. The minimum Gasteiger partial charge on any atom is -0.393 e. The van der Waals surface area contributed by atoms with E-state index in [-0.39, 0.29) is 35.8 Å². The maximum Gasteiger partial charge on any atom is 0.318 e. The van der Waals surface area contributed by atoms with Crippen molar-refractivity contribution in [2.45, 2.75) is 18.9 Å². The van der Waals surface area contributed by atoms with Gasteiger partial charge in [-0.05, 0) is 48.0 Å². The lowest BCUT2D eigenvalue weighted by molar-refractivity contribution is -0.154. The van der Waals surface area contributed by atoms with Gasteiger partial charge in [0.1, 0.15) is 0 Å². The molecule has 0 N–H and O–H groups in total. The van der Waals surface area contributed by atoms with Crippen molar-refractivity contribution in [1.29, 1.82) is 0 Å². The molecule has 2 heterocycles. The van der Waals surface area contributed by atoms with Crippen LogP contribution in [0, 0.1) is 41.4 Å². The van der Waals surface area contributed by atoms with Gasteiger partial charge < -0.3 is 9.47 Å². The fourth-order valence-electron chi connectivity index (χ4n) is 5.83. The molecular weight excluding hydrogens is 292 g/mol. The number of fused-ring (bicyclic) bond motifs is 4. The second kappa shape index (κ2) is 4.67. The van der Waals surface area contributed by atoms with Crippen molar-refractivity contribution in [1.82, 2.24) is 0 Å². The topological polar surface area (TPSA) is 52.6 Å². The number of carbonyl (C=O) groups is 2. The smallest absolute Gasteiger partial charge is 0.318 e. The number of ether oxygens (including phenoxy) is 2. The quantitative estimate of drug-likeness (QED) is 0.423. The normalized spacial score (nSPS) is 49.8. The van der Waals surface area contributed by atoms with E-state index in [1.165, 1.54) is 5.57 Å². The number of rotatable bonds is 1. The minimum absolute atomic E-state index is 0.0926. The minimum atomic E-state index is -0.337. The van der Waals surface area contributed by atoms with Crippen molar-refractivity contribution in [3.8, 4) is 0 Å². The molecule has 0 unspecified atom stereocenters. The van der Waals surface area contributed by atoms with Gasteiger partial charge in [-0.1, -0.05) is 24.3 Å². The van der Waals surface area contributed by atoms with Crippen molar-refractivity contribution in [2.24, 2.45) is 41.4 Å². The zero-order valence-corrected chi connectivity index (χ0v) is 12.9. The van der Waals surface area contributed by atoms with Gasteiger partial charge in [-0.3, -0.25) is 9.59 Å². The van der Waals surface area contributed by atoms with E-state index in [2.05, 4.69) is 24.8 Å². The van der Waals surface area contributed by atoms with Gasteiger partial charge in [0.05, 0.1) is 24.5 Å². The molecule has 3 fully saturated rings. The zero-order chi connectivity index (χ0) is 15.7. The van der Waals surface area contributed by atoms with Crippen LogP contribution in [0.25, 0.3) is 0 Å². The Bertz CT molecular complexity index is 660. The molecule has 4 heteroatoms. The van der Waals surface area contributed by atoms with Crippen molar-refractivity contribution in [3.63, 3.8) is 0 Å². The van der Waals surface area contributed by atoms with Gasteiger partial charge in [0.15, 0.2) is 0 Å². The molecule has 2 aliphatic heterocycles. The molecule has 0 aromatic rings. The lowest BCUT2D eigenvalue weighted by atomic mass is 9.65. The molecule has 0 aromatic heterocycles. The van der Waals surface area contributed by atoms with Crippen LogP contribution in [0.3, 0.4) is 0 Å². The molecule has 3 aliphatic carbocycles. The van der Waals surface area contributed by atoms with Gasteiger partial charge in [-0.25, -0.2) is 0 Å². The molecule has 5 rings (SSSR count). The van der Waals surface area contributed by atoms with Gasteiger partial charge in [0.2, 0.25) is 0 Å². The summed E-state index contributed by atoms with van der Waals surface area (Å²) < 4.78 is 11.1. The largest absolute Gasteiger partial charge is 0.393 e. The third-order valence-electron chi connectivity index (χ3n) is 6.75. The van der Waals surface area contributed by atoms with Crippen molar-refractivity contribution < 1.29 is 19.1 Å². The van der Waals surface area contributed by atoms with Crippen LogP contribution in [0.4, 0.5) is 0 Å². The molecule has 120 valence electrons. The molecule has 0 bridgehead atoms. The Morgan fingerprint density at radius 1 is 1.17 bits per heavy atom. The summed E-state index contributed by atoms with van der Waals surface area (Å²) >= 11 is 0. The monoisotopic (exact) mass is 312 g/mol. The average molecular weight is 312 g/mol. The maximum atomic E-state index is 12.4. The highest BCUT2D eigenvalue weighted by Crippen LogP contribution is 2.58. The summed E-state index contributed by atoms with van der Waals surface area (Å²) in [6.07, 6.45) is 10.4. The van der Waals surface area contributed by atoms with E-state index >= 15 is 0 Å². The molecule has 0 amide bonds. The Labute approximate surface area is 135 Å². The Morgan fingerprint density at radius 3 is 2.87 bits per heavy atom. The van der Waals surface area contributed by atoms with Gasteiger partial charge in [0.25, 0.3) is 0 Å². The summed E-state index contributed by atoms with van der Waals surface area (Å²) in [6, 6.07) is 0. The van der Waals surface area contributed by atoms with Gasteiger partial charge >= 0.3 is 11.9 Å². The van der Waals surface area contributed by atoms with Crippen LogP contribution in [-0.4, -0.2) is 24.6 Å². The SMILES string of the molecule is C=C[C@H]1C[C@H]2[C@H]3C(=CC[C@H]4C(=O)OC(=O)[C@@H]34)CO[C@@H]3C=C[C@@H]1[C@@H]23. The predicted molar refractivity (Wildman–Crippen MR) is 81.9 cm³/mol. The van der Waals surface area contributed by atoms with E-state index in [4.69, 9.17) is 9.47 Å². The highest BCUT2D eigenvalue weighted by atomic mass is 16.6. The summed E-state index contributed by atoms with van der Waals surface area (Å²) in [5.74, 6) is 0.491. The third kappa shape index (κ3) is 1.70. The predicted octanol–water partition coefficient (Wildman–Crippen LogP) is 2.27. The van der Waals surface area contributed by atoms with Crippen molar-refractivity contribution in [3.05, 3.63) is 36.5 Å². The van der Waals surface area contributed by atoms with E-state index in [0.29, 0.717) is 36.7 Å². The molecule has 0 spiro atoms. The number of hydrogen-bond donors (Lipinski definition) is 0. The Kier molecular flexibility index (Phi) is 2.79. The second-order valence-corrected chi connectivity index (χ2v) is 7.53. The maximum absolute atomic E-state index is 12.4. The first-order valence-corrected chi connectivity index (χ1v) is 8.56. The molecule has 5 aliphatic rings. The lowest BCUT2D eigenvalue weighted by Crippen LogP contribution is -2.37. The van der Waals surface area contributed by atoms with Crippen LogP contribution < -0.4 is 0 Å². The molecule has 23 heavy (non-hydrogen) atoms. The van der Waals surface area contributed by atoms with Gasteiger partial charge in [-0.15, -0.1) is 6.58 Å². The van der Waals surface area contributed by atoms with Crippen LogP contribution >= 0.6 is 0 Å². The summed E-state index contributed by atoms with van der Waals surface area (Å²) in [5, 5.41) is 0. The van der Waals surface area contributed by atoms with E-state index < -0.39 is 0 Å². The first-order valence-electron chi connectivity index (χ1n) is 8.56. The van der Waals surface area contributed by atoms with Crippen molar-refractivity contribution >= 4 is 11.9 Å². The van der Waals surface area contributed by atoms with Crippen LogP contribution in [0.2, 0.25) is 0 Å². The van der Waals surface area contributed by atoms with E-state index in [0.717, 1.165) is 6.42 Å². The Morgan fingerprint density at radius 2 is 2.04 bits per heavy atom. The number of hydrogen-bond acceptors (Lipinski definition) is 4. The molecule has 4 nitrogen and oxygen atoms in total. The lowest BCUT2D eigenvalue weighted by Gasteiger charge is -2.35. The number of esters is 2. The standard InChI is InChI=1S/C19H20O4/c1-2-9-7-13-15-10(8-22-14-6-5-11(9)16(13)14)3-4-12-17(15)19(21)23-18(12)20/h2-3,5-6,9,11-17H,1,4,7-8H2/t9-,11-,12+,13-,14+,15+,16-,17+/m0/s1. The molecule has 0 radical (unpaired) electrons. The molecule has 2 saturated heterocycles. The highest BCUT2D eigenvalue weighted by molar-refractivity contribution is 5.97. The zero-order valence-electron chi connectivity index (χ0n) is 12.9. The molecule has 8 atom stereocenters. The number of cyclic esters (lactones) is 2. The van der Waals surface area contributed by atoms with Crippen molar-refractivity contribution in [2.75, 3.05) is 6.61 Å². The summed E-state index contributed by atoms with van der Waals surface area (Å²) in [7, 11) is 0. The number of carbonyl (C=O) groups excluding carboxylic acids is 2. The van der Waals surface area contributed by atoms with Gasteiger partial charge in [0, 0.05) is 0 Å². The highest BCUT2D eigenvalue weighted by Gasteiger charge is 2.59. The fraction of sp³-hybridized carbons (Fsp3) is 0.579. The average Bonchev–Trinajstić information content (AvgIpc) is 3.16. The van der Waals surface area contributed by atoms with E-state index in [1.54, 1.807) is 0 Å². The summed E-state index contributed by atoms with van der Waals surface area (Å²) in [6.45, 7) is 4.58. The van der Waals surface area contributed by atoms with Crippen LogP contribution in [0.15, 0.2) is 36.5 Å². The van der Waals surface area contributed by atoms with Crippen LogP contribution in [-0.2, 0) is 19.1 Å². The number of allylic oxidation sites excluding steroid dienone is 3. The Balaban J connectivity index is 1.60. The fourth-order valence-corrected chi connectivity index (χ4v) is 5.83. The second-order valence-electron chi connectivity index (χ2n) is 7.53. The first-order chi connectivity index (χ1) is 11.2. The Hall–Kier alpha value is -1.68. The molecule has 1 saturated carbocycles. The molecular formula is C19H20O4. The third-order valence-corrected chi connectivity index (χ3v) is 6.75.